The van der Waals surface area contributed by atoms with Gasteiger partial charge in [-0.3, -0.25) is 19.2 Å². The Hall–Kier alpha value is -3.67. The van der Waals surface area contributed by atoms with Gasteiger partial charge in [-0.05, 0) is 61.0 Å². The van der Waals surface area contributed by atoms with Gasteiger partial charge in [0, 0.05) is 21.0 Å². The zero-order chi connectivity index (χ0) is 28.0. The average Bonchev–Trinajstić information content (AvgIpc) is 3.43. The molecule has 0 bridgehead atoms. The molecule has 11 heteroatoms. The summed E-state index contributed by atoms with van der Waals surface area (Å²) in [6.07, 6.45) is 0. The van der Waals surface area contributed by atoms with Crippen LogP contribution in [-0.2, 0) is 14.4 Å². The fraction of sp³-hybridized carbons (Fsp3) is 0.172. The number of thioether (sulfide) groups is 1. The molecule has 3 amide bonds. The average molecular weight is 637 g/mol. The van der Waals surface area contributed by atoms with Crippen molar-refractivity contribution in [1.82, 2.24) is 4.98 Å². The number of amides is 3. The highest BCUT2D eigenvalue weighted by atomic mass is 79.9. The molecule has 2 aliphatic rings. The first kappa shape index (κ1) is 26.5. The molecule has 0 aliphatic carbocycles. The first-order valence-corrected chi connectivity index (χ1v) is 14.9. The fourth-order valence-corrected chi connectivity index (χ4v) is 7.78. The minimum absolute atomic E-state index is 0.207. The van der Waals surface area contributed by atoms with Crippen molar-refractivity contribution in [2.24, 2.45) is 5.92 Å². The zero-order valence-corrected chi connectivity index (χ0v) is 24.3. The van der Waals surface area contributed by atoms with Crippen LogP contribution >= 0.6 is 39.0 Å². The Morgan fingerprint density at radius 1 is 1.02 bits per heavy atom. The van der Waals surface area contributed by atoms with Crippen LogP contribution in [0.5, 0.6) is 5.75 Å². The Bertz CT molecular complexity index is 1680. The van der Waals surface area contributed by atoms with Crippen LogP contribution in [0.4, 0.5) is 11.4 Å². The summed E-state index contributed by atoms with van der Waals surface area (Å²) in [5, 5.41) is 2.71. The van der Waals surface area contributed by atoms with Crippen LogP contribution in [0, 0.1) is 12.8 Å². The number of hydrogen-bond donors (Lipinski definition) is 2. The largest absolute Gasteiger partial charge is 0.484 e. The highest BCUT2D eigenvalue weighted by molar-refractivity contribution is 9.10. The van der Waals surface area contributed by atoms with Crippen molar-refractivity contribution in [3.8, 4) is 5.75 Å². The third-order valence-corrected chi connectivity index (χ3v) is 9.76. The van der Waals surface area contributed by atoms with Gasteiger partial charge in [0.25, 0.3) is 5.91 Å². The molecule has 8 nitrogen and oxygen atoms in total. The van der Waals surface area contributed by atoms with E-state index in [0.717, 1.165) is 26.9 Å². The van der Waals surface area contributed by atoms with Gasteiger partial charge >= 0.3 is 4.87 Å². The first-order chi connectivity index (χ1) is 19.3. The molecule has 1 saturated heterocycles. The van der Waals surface area contributed by atoms with Gasteiger partial charge in [-0.2, -0.15) is 0 Å². The van der Waals surface area contributed by atoms with Crippen LogP contribution < -0.4 is 19.8 Å². The van der Waals surface area contributed by atoms with Crippen molar-refractivity contribution >= 4 is 68.1 Å². The van der Waals surface area contributed by atoms with Crippen LogP contribution in [0.3, 0.4) is 0 Å². The molecule has 6 rings (SSSR count). The van der Waals surface area contributed by atoms with E-state index >= 15 is 0 Å². The van der Waals surface area contributed by atoms with Gasteiger partial charge in [-0.1, -0.05) is 68.9 Å². The fourth-order valence-electron chi connectivity index (χ4n) is 5.00. The number of H-pyrrole nitrogens is 1. The summed E-state index contributed by atoms with van der Waals surface area (Å²) in [4.78, 5) is 56.8. The number of thiazole rings is 1. The Morgan fingerprint density at radius 2 is 1.77 bits per heavy atom. The molecule has 0 spiro atoms. The predicted molar refractivity (Wildman–Crippen MR) is 158 cm³/mol. The van der Waals surface area contributed by atoms with Gasteiger partial charge in [0.05, 0.1) is 16.6 Å². The summed E-state index contributed by atoms with van der Waals surface area (Å²) in [5.74, 6) is -1.74. The van der Waals surface area contributed by atoms with Gasteiger partial charge in [-0.15, -0.1) is 0 Å². The van der Waals surface area contributed by atoms with Gasteiger partial charge in [0.15, 0.2) is 6.61 Å². The maximum absolute atomic E-state index is 13.8. The van der Waals surface area contributed by atoms with E-state index in [0.29, 0.717) is 27.0 Å². The molecule has 3 aromatic carbocycles. The Balaban J connectivity index is 1.28. The lowest BCUT2D eigenvalue weighted by molar-refractivity contribution is -0.122. The summed E-state index contributed by atoms with van der Waals surface area (Å²) in [5.41, 5.74) is 2.99. The lowest BCUT2D eigenvalue weighted by Gasteiger charge is -2.30. The van der Waals surface area contributed by atoms with Crippen molar-refractivity contribution in [3.05, 3.63) is 103 Å². The van der Waals surface area contributed by atoms with Crippen molar-refractivity contribution < 1.29 is 19.1 Å². The molecule has 4 aromatic rings. The summed E-state index contributed by atoms with van der Waals surface area (Å²) in [7, 11) is 0. The smallest absolute Gasteiger partial charge is 0.305 e. The number of anilines is 2. The lowest BCUT2D eigenvalue weighted by atomic mass is 9.83. The number of fused-ring (bicyclic) bond motifs is 2. The molecule has 0 saturated carbocycles. The van der Waals surface area contributed by atoms with E-state index in [1.54, 1.807) is 42.5 Å². The highest BCUT2D eigenvalue weighted by Crippen LogP contribution is 2.53. The Kier molecular flexibility index (Phi) is 7.11. The second-order valence-electron chi connectivity index (χ2n) is 9.51. The van der Waals surface area contributed by atoms with E-state index in [2.05, 4.69) is 26.2 Å². The summed E-state index contributed by atoms with van der Waals surface area (Å²) < 4.78 is 6.64. The number of hydrogen-bond acceptors (Lipinski definition) is 7. The maximum Gasteiger partial charge on any atom is 0.305 e. The summed E-state index contributed by atoms with van der Waals surface area (Å²) in [6.45, 7) is 1.76. The predicted octanol–water partition coefficient (Wildman–Crippen LogP) is 5.32. The van der Waals surface area contributed by atoms with Crippen molar-refractivity contribution in [2.45, 2.75) is 23.1 Å². The number of carbonyl (C=O) groups is 3. The minimum atomic E-state index is -0.708. The molecule has 3 heterocycles. The van der Waals surface area contributed by atoms with E-state index in [1.165, 1.54) is 16.7 Å². The Labute approximate surface area is 245 Å². The number of aryl methyl sites for hydroxylation is 1. The van der Waals surface area contributed by atoms with E-state index in [9.17, 15) is 19.2 Å². The highest BCUT2D eigenvalue weighted by Gasteiger charge is 2.56. The van der Waals surface area contributed by atoms with Crippen LogP contribution in [0.25, 0.3) is 0 Å². The minimum Gasteiger partial charge on any atom is -0.484 e. The number of rotatable bonds is 6. The van der Waals surface area contributed by atoms with Gasteiger partial charge in [0.2, 0.25) is 11.8 Å². The maximum atomic E-state index is 13.8. The monoisotopic (exact) mass is 635 g/mol. The molecule has 3 atom stereocenters. The molecular weight excluding hydrogens is 614 g/mol. The zero-order valence-electron chi connectivity index (χ0n) is 21.1. The quantitative estimate of drug-likeness (QED) is 0.278. The lowest BCUT2D eigenvalue weighted by Crippen LogP contribution is -2.32. The summed E-state index contributed by atoms with van der Waals surface area (Å²) >= 11 is 5.67. The number of aromatic nitrogens is 1. The third-order valence-electron chi connectivity index (χ3n) is 6.83. The first-order valence-electron chi connectivity index (χ1n) is 12.4. The second kappa shape index (κ2) is 10.7. The van der Waals surface area contributed by atoms with Gasteiger partial charge in [0.1, 0.15) is 11.0 Å². The molecule has 40 heavy (non-hydrogen) atoms. The number of imide groups is 1. The van der Waals surface area contributed by atoms with Crippen molar-refractivity contribution in [3.63, 3.8) is 0 Å². The van der Waals surface area contributed by atoms with Crippen LogP contribution in [-0.4, -0.2) is 34.6 Å². The van der Waals surface area contributed by atoms with E-state index < -0.39 is 17.1 Å². The van der Waals surface area contributed by atoms with Crippen LogP contribution in [0.1, 0.15) is 21.9 Å². The van der Waals surface area contributed by atoms with Gasteiger partial charge in [-0.25, -0.2) is 4.90 Å². The molecule has 0 unspecified atom stereocenters. The number of nitrogens with zero attached hydrogens (tertiary/aromatic N) is 1. The second-order valence-corrected chi connectivity index (χ2v) is 12.6. The number of ether oxygens (including phenoxy) is 1. The Morgan fingerprint density at radius 3 is 2.52 bits per heavy atom. The van der Waals surface area contributed by atoms with Crippen molar-refractivity contribution in [1.29, 1.82) is 0 Å². The molecule has 0 radical (unpaired) electrons. The van der Waals surface area contributed by atoms with Crippen molar-refractivity contribution in [2.75, 3.05) is 16.8 Å². The van der Waals surface area contributed by atoms with E-state index in [1.807, 2.05) is 37.3 Å². The molecule has 1 fully saturated rings. The topological polar surface area (TPSA) is 109 Å². The SMILES string of the molecule is Cc1ccc(NC(=O)COc2cccc([C@@H]3c4sc(=O)[nH]c4S[C@H]4C(=O)N(c5ccc(Br)cc5)C(=O)[C@@H]34)c2)cc1. The normalized spacial score (nSPS) is 19.8. The van der Waals surface area contributed by atoms with Crippen LogP contribution in [0.15, 0.2) is 87.1 Å². The number of benzene rings is 3. The molecule has 202 valence electrons. The molecule has 2 aliphatic heterocycles. The molecule has 1 aromatic heterocycles. The number of nitrogens with one attached hydrogen (secondary N) is 2. The van der Waals surface area contributed by atoms with E-state index in [-0.39, 0.29) is 29.2 Å². The van der Waals surface area contributed by atoms with Crippen LogP contribution in [0.2, 0.25) is 0 Å². The van der Waals surface area contributed by atoms with Gasteiger partial charge < -0.3 is 15.0 Å². The molecule has 2 N–H and O–H groups in total. The number of halogens is 1. The third kappa shape index (κ3) is 5.00. The number of aromatic amines is 1. The standard InChI is InChI=1S/C29H22BrN3O5S2/c1-15-5-9-18(10-6-15)31-21(34)14-38-20-4-2-3-16(13-20)22-23-25(39-26-24(22)40-29(37)32-26)28(36)33(27(23)35)19-11-7-17(30)8-12-19/h2-13,22-23,25H,14H2,1H3,(H,31,34)(H,32,37)/t22-,23-,25+/m0/s1. The molecular formula is C29H22BrN3O5S2. The number of carbonyl (C=O) groups excluding carboxylic acids is 3. The van der Waals surface area contributed by atoms with E-state index in [4.69, 9.17) is 4.74 Å². The summed E-state index contributed by atoms with van der Waals surface area (Å²) in [6, 6.07) is 21.6.